The first-order valence-corrected chi connectivity index (χ1v) is 12.3. The molecule has 0 radical (unpaired) electrons. The van der Waals surface area contributed by atoms with Gasteiger partial charge in [0.15, 0.2) is 0 Å². The van der Waals surface area contributed by atoms with Gasteiger partial charge in [-0.1, -0.05) is 30.3 Å². The molecule has 0 aromatic heterocycles. The number of likely N-dealkylation sites (tertiary alicyclic amines) is 1. The van der Waals surface area contributed by atoms with Crippen LogP contribution >= 0.6 is 0 Å². The number of para-hydroxylation sites is 2. The van der Waals surface area contributed by atoms with Crippen molar-refractivity contribution in [3.8, 4) is 5.75 Å². The average molecular weight is 430 g/mol. The summed E-state index contributed by atoms with van der Waals surface area (Å²) in [5, 5.41) is 0. The average Bonchev–Trinajstić information content (AvgIpc) is 3.26. The smallest absolute Gasteiger partial charge is 0.223 e. The number of rotatable bonds is 3. The SMILES string of the molecule is CC(=O)N1CCN2c3c(cccc31)[C@@H]1CN(C3CC3Cc3cccc4c3OCC4)CC[C@@H]12. The number of amides is 1. The van der Waals surface area contributed by atoms with Gasteiger partial charge in [-0.15, -0.1) is 0 Å². The molecule has 2 unspecified atom stereocenters. The lowest BCUT2D eigenvalue weighted by Gasteiger charge is -2.42. The number of piperidine rings is 1. The number of ether oxygens (including phenoxy) is 1. The van der Waals surface area contributed by atoms with Crippen molar-refractivity contribution in [2.24, 2.45) is 5.92 Å². The maximum atomic E-state index is 12.2. The van der Waals surface area contributed by atoms with Crippen LogP contribution in [0.2, 0.25) is 0 Å². The third kappa shape index (κ3) is 2.76. The molecule has 5 aliphatic rings. The number of nitrogens with zero attached hydrogens (tertiary/aromatic N) is 3. The summed E-state index contributed by atoms with van der Waals surface area (Å²) >= 11 is 0. The molecule has 2 aromatic carbocycles. The van der Waals surface area contributed by atoms with Gasteiger partial charge < -0.3 is 14.5 Å². The van der Waals surface area contributed by atoms with Gasteiger partial charge in [-0.25, -0.2) is 0 Å². The summed E-state index contributed by atoms with van der Waals surface area (Å²) < 4.78 is 5.95. The van der Waals surface area contributed by atoms with Gasteiger partial charge in [-0.3, -0.25) is 9.69 Å². The lowest BCUT2D eigenvalue weighted by Crippen LogP contribution is -2.50. The number of carbonyl (C=O) groups excluding carboxylic acids is 1. The van der Waals surface area contributed by atoms with Gasteiger partial charge in [0.2, 0.25) is 5.91 Å². The van der Waals surface area contributed by atoms with Crippen molar-refractivity contribution in [2.75, 3.05) is 42.6 Å². The van der Waals surface area contributed by atoms with Crippen molar-refractivity contribution in [3.63, 3.8) is 0 Å². The highest BCUT2D eigenvalue weighted by molar-refractivity contribution is 5.98. The van der Waals surface area contributed by atoms with Crippen LogP contribution in [0, 0.1) is 5.92 Å². The molecular weight excluding hydrogens is 398 g/mol. The maximum absolute atomic E-state index is 12.2. The minimum Gasteiger partial charge on any atom is -0.493 e. The van der Waals surface area contributed by atoms with Gasteiger partial charge in [-0.2, -0.15) is 0 Å². The van der Waals surface area contributed by atoms with E-state index in [9.17, 15) is 4.79 Å². The summed E-state index contributed by atoms with van der Waals surface area (Å²) in [6.07, 6.45) is 4.76. The van der Waals surface area contributed by atoms with Crippen molar-refractivity contribution < 1.29 is 9.53 Å². The molecule has 7 rings (SSSR count). The predicted octanol–water partition coefficient (Wildman–Crippen LogP) is 3.60. The Morgan fingerprint density at radius 2 is 2.00 bits per heavy atom. The second-order valence-electron chi connectivity index (χ2n) is 10.3. The van der Waals surface area contributed by atoms with Crippen LogP contribution in [-0.2, 0) is 17.6 Å². The van der Waals surface area contributed by atoms with Crippen LogP contribution in [-0.4, -0.2) is 55.7 Å². The number of anilines is 2. The number of benzene rings is 2. The van der Waals surface area contributed by atoms with Crippen LogP contribution < -0.4 is 14.5 Å². The molecule has 0 N–H and O–H groups in total. The van der Waals surface area contributed by atoms with E-state index in [0.717, 1.165) is 50.7 Å². The largest absolute Gasteiger partial charge is 0.493 e. The lowest BCUT2D eigenvalue weighted by molar-refractivity contribution is -0.116. The predicted molar refractivity (Wildman–Crippen MR) is 126 cm³/mol. The highest BCUT2D eigenvalue weighted by Gasteiger charge is 2.50. The topological polar surface area (TPSA) is 36.0 Å². The molecule has 1 aliphatic carbocycles. The van der Waals surface area contributed by atoms with E-state index in [2.05, 4.69) is 46.2 Å². The quantitative estimate of drug-likeness (QED) is 0.747. The fourth-order valence-electron chi connectivity index (χ4n) is 7.05. The van der Waals surface area contributed by atoms with E-state index < -0.39 is 0 Å². The fourth-order valence-corrected chi connectivity index (χ4v) is 7.05. The first kappa shape index (κ1) is 19.0. The van der Waals surface area contributed by atoms with Gasteiger partial charge in [-0.05, 0) is 47.9 Å². The molecule has 2 fully saturated rings. The van der Waals surface area contributed by atoms with Crippen molar-refractivity contribution in [1.29, 1.82) is 0 Å². The molecule has 5 nitrogen and oxygen atoms in total. The lowest BCUT2D eigenvalue weighted by atomic mass is 9.88. The maximum Gasteiger partial charge on any atom is 0.223 e. The standard InChI is InChI=1S/C27H31N3O2/c1-17(31)29-11-12-30-23-8-10-28(16-22(23)21-6-3-7-24(29)26(21)30)25-15-20(25)14-19-5-2-4-18-9-13-32-27(18)19/h2-7,20,22-23,25H,8-16H2,1H3/t20?,22-,23-,25?/m0/s1. The second-order valence-corrected chi connectivity index (χ2v) is 10.3. The Morgan fingerprint density at radius 1 is 1.09 bits per heavy atom. The Kier molecular flexibility index (Phi) is 4.14. The van der Waals surface area contributed by atoms with E-state index in [1.165, 1.54) is 47.5 Å². The molecule has 1 saturated heterocycles. The first-order valence-electron chi connectivity index (χ1n) is 12.3. The molecule has 1 saturated carbocycles. The third-order valence-corrected chi connectivity index (χ3v) is 8.61. The molecule has 4 aliphatic heterocycles. The first-order chi connectivity index (χ1) is 15.7. The van der Waals surface area contributed by atoms with Crippen LogP contribution in [0.4, 0.5) is 11.4 Å². The number of hydrogen-bond acceptors (Lipinski definition) is 4. The van der Waals surface area contributed by atoms with Gasteiger partial charge >= 0.3 is 0 Å². The molecule has 166 valence electrons. The van der Waals surface area contributed by atoms with Gasteiger partial charge in [0.05, 0.1) is 18.0 Å². The summed E-state index contributed by atoms with van der Waals surface area (Å²) in [5.41, 5.74) is 6.75. The Balaban J connectivity index is 1.10. The summed E-state index contributed by atoms with van der Waals surface area (Å²) in [6, 6.07) is 14.6. The van der Waals surface area contributed by atoms with Crippen LogP contribution in [0.3, 0.4) is 0 Å². The van der Waals surface area contributed by atoms with Gasteiger partial charge in [0.1, 0.15) is 5.75 Å². The van der Waals surface area contributed by atoms with E-state index >= 15 is 0 Å². The van der Waals surface area contributed by atoms with Gasteiger partial charge in [0.25, 0.3) is 0 Å². The highest BCUT2D eigenvalue weighted by atomic mass is 16.5. The molecule has 4 atom stereocenters. The van der Waals surface area contributed by atoms with E-state index in [1.54, 1.807) is 6.92 Å². The monoisotopic (exact) mass is 429 g/mol. The summed E-state index contributed by atoms with van der Waals surface area (Å²) in [6.45, 7) is 6.67. The van der Waals surface area contributed by atoms with E-state index in [-0.39, 0.29) is 5.91 Å². The van der Waals surface area contributed by atoms with E-state index in [1.807, 2.05) is 4.90 Å². The summed E-state index contributed by atoms with van der Waals surface area (Å²) in [4.78, 5) is 19.6. The molecular formula is C27H31N3O2. The van der Waals surface area contributed by atoms with Crippen molar-refractivity contribution in [1.82, 2.24) is 4.90 Å². The third-order valence-electron chi connectivity index (χ3n) is 8.61. The van der Waals surface area contributed by atoms with Crippen LogP contribution in [0.15, 0.2) is 36.4 Å². The summed E-state index contributed by atoms with van der Waals surface area (Å²) in [7, 11) is 0. The number of hydrogen-bond donors (Lipinski definition) is 0. The van der Waals surface area contributed by atoms with E-state index in [0.29, 0.717) is 18.0 Å². The zero-order valence-electron chi connectivity index (χ0n) is 18.8. The Bertz CT molecular complexity index is 1100. The van der Waals surface area contributed by atoms with Gasteiger partial charge in [0, 0.05) is 57.5 Å². The van der Waals surface area contributed by atoms with Crippen LogP contribution in [0.1, 0.15) is 42.4 Å². The fraction of sp³-hybridized carbons (Fsp3) is 0.519. The molecule has 0 bridgehead atoms. The molecule has 32 heavy (non-hydrogen) atoms. The number of fused-ring (bicyclic) bond motifs is 4. The Labute approximate surface area is 189 Å². The second kappa shape index (κ2) is 6.98. The molecule has 2 aromatic rings. The molecule has 5 heteroatoms. The molecule has 0 spiro atoms. The zero-order chi connectivity index (χ0) is 21.4. The van der Waals surface area contributed by atoms with Crippen molar-refractivity contribution in [2.45, 2.75) is 50.6 Å². The summed E-state index contributed by atoms with van der Waals surface area (Å²) in [5.74, 6) is 2.66. The zero-order valence-corrected chi connectivity index (χ0v) is 18.8. The van der Waals surface area contributed by atoms with Crippen molar-refractivity contribution in [3.05, 3.63) is 53.1 Å². The minimum absolute atomic E-state index is 0.159. The molecule has 1 amide bonds. The number of carbonyl (C=O) groups is 1. The minimum atomic E-state index is 0.159. The van der Waals surface area contributed by atoms with Crippen molar-refractivity contribution >= 4 is 17.3 Å². The van der Waals surface area contributed by atoms with E-state index in [4.69, 9.17) is 4.74 Å². The van der Waals surface area contributed by atoms with Crippen LogP contribution in [0.5, 0.6) is 5.75 Å². The highest BCUT2D eigenvalue weighted by Crippen LogP contribution is 2.52. The normalized spacial score (nSPS) is 29.9. The Morgan fingerprint density at radius 3 is 2.91 bits per heavy atom. The Hall–Kier alpha value is -2.53. The van der Waals surface area contributed by atoms with Crippen LogP contribution in [0.25, 0.3) is 0 Å². The molecule has 4 heterocycles.